The van der Waals surface area contributed by atoms with Crippen molar-refractivity contribution in [2.75, 3.05) is 26.2 Å². The van der Waals surface area contributed by atoms with Gasteiger partial charge in [-0.25, -0.2) is 0 Å². The van der Waals surface area contributed by atoms with Gasteiger partial charge in [-0.2, -0.15) is 0 Å². The van der Waals surface area contributed by atoms with E-state index in [4.69, 9.17) is 16.3 Å². The predicted molar refractivity (Wildman–Crippen MR) is 119 cm³/mol. The summed E-state index contributed by atoms with van der Waals surface area (Å²) in [5.41, 5.74) is 2.98. The molecule has 1 saturated heterocycles. The Kier molecular flexibility index (Phi) is 5.17. The Balaban J connectivity index is 1.36. The standard InChI is InChI=1S/C24H26ClN3O2/c1-2-18-16-28-21(14-19-20(25)8-9-22(30-18)23(19)28)24(29)27-12-10-26(11-13-27)15-17-6-4-3-5-7-17/h3-9,14,18H,2,10-13,15-16H2,1H3. The molecule has 1 amide bonds. The van der Waals surface area contributed by atoms with Gasteiger partial charge in [-0.15, -0.1) is 0 Å². The SMILES string of the molecule is CCC1Cn2c(C(=O)N3CCN(Cc4ccccc4)CC3)cc3c(Cl)ccc(c32)O1. The highest BCUT2D eigenvalue weighted by Gasteiger charge is 2.30. The fourth-order valence-electron chi connectivity index (χ4n) is 4.52. The van der Waals surface area contributed by atoms with Crippen molar-refractivity contribution in [2.45, 2.75) is 32.5 Å². The molecular weight excluding hydrogens is 398 g/mol. The van der Waals surface area contributed by atoms with E-state index in [1.54, 1.807) is 0 Å². The maximum Gasteiger partial charge on any atom is 0.270 e. The van der Waals surface area contributed by atoms with E-state index in [0.717, 1.165) is 61.5 Å². The number of amides is 1. The molecule has 1 fully saturated rings. The van der Waals surface area contributed by atoms with Crippen molar-refractivity contribution >= 4 is 28.4 Å². The topological polar surface area (TPSA) is 37.7 Å². The Morgan fingerprint density at radius 2 is 1.87 bits per heavy atom. The molecule has 5 rings (SSSR count). The number of rotatable bonds is 4. The Hall–Kier alpha value is -2.50. The third-order valence-electron chi connectivity index (χ3n) is 6.23. The normalized spacial score (nSPS) is 19.1. The highest BCUT2D eigenvalue weighted by Crippen LogP contribution is 2.38. The van der Waals surface area contributed by atoms with Gasteiger partial charge in [0.25, 0.3) is 5.91 Å². The van der Waals surface area contributed by atoms with Gasteiger partial charge >= 0.3 is 0 Å². The van der Waals surface area contributed by atoms with E-state index in [1.165, 1.54) is 5.56 Å². The summed E-state index contributed by atoms with van der Waals surface area (Å²) in [7, 11) is 0. The summed E-state index contributed by atoms with van der Waals surface area (Å²) in [6, 6.07) is 16.2. The summed E-state index contributed by atoms with van der Waals surface area (Å²) in [6.07, 6.45) is 0.969. The van der Waals surface area contributed by atoms with Crippen LogP contribution in [0.5, 0.6) is 5.75 Å². The van der Waals surface area contributed by atoms with Crippen molar-refractivity contribution in [2.24, 2.45) is 0 Å². The predicted octanol–water partition coefficient (Wildman–Crippen LogP) is 4.42. The lowest BCUT2D eigenvalue weighted by atomic mass is 10.2. The van der Waals surface area contributed by atoms with Crippen LogP contribution in [0.2, 0.25) is 5.02 Å². The quantitative estimate of drug-likeness (QED) is 0.623. The van der Waals surface area contributed by atoms with Crippen LogP contribution in [0, 0.1) is 0 Å². The van der Waals surface area contributed by atoms with Crippen LogP contribution >= 0.6 is 11.6 Å². The lowest BCUT2D eigenvalue weighted by Crippen LogP contribution is -2.48. The van der Waals surface area contributed by atoms with Crippen molar-refractivity contribution in [3.8, 4) is 5.75 Å². The smallest absolute Gasteiger partial charge is 0.270 e. The number of piperazine rings is 1. The number of benzene rings is 2. The maximum atomic E-state index is 13.5. The van der Waals surface area contributed by atoms with Crippen molar-refractivity contribution < 1.29 is 9.53 Å². The molecule has 3 heterocycles. The first-order valence-corrected chi connectivity index (χ1v) is 11.1. The first-order chi connectivity index (χ1) is 14.6. The first kappa shape index (κ1) is 19.5. The zero-order valence-corrected chi connectivity index (χ0v) is 17.9. The Labute approximate surface area is 181 Å². The highest BCUT2D eigenvalue weighted by atomic mass is 35.5. The summed E-state index contributed by atoms with van der Waals surface area (Å²) in [5, 5.41) is 1.56. The molecule has 30 heavy (non-hydrogen) atoms. The Morgan fingerprint density at radius 1 is 1.10 bits per heavy atom. The van der Waals surface area contributed by atoms with Gasteiger partial charge in [-0.1, -0.05) is 48.9 Å². The zero-order valence-electron chi connectivity index (χ0n) is 17.2. The van der Waals surface area contributed by atoms with E-state index in [-0.39, 0.29) is 12.0 Å². The van der Waals surface area contributed by atoms with Gasteiger partial charge in [0, 0.05) is 38.1 Å². The minimum atomic E-state index is 0.0727. The molecule has 2 aliphatic heterocycles. The molecule has 1 unspecified atom stereocenters. The summed E-state index contributed by atoms with van der Waals surface area (Å²) in [6.45, 7) is 6.96. The van der Waals surface area contributed by atoms with Gasteiger partial charge < -0.3 is 14.2 Å². The van der Waals surface area contributed by atoms with Crippen LogP contribution in [0.25, 0.3) is 10.9 Å². The lowest BCUT2D eigenvalue weighted by Gasteiger charge is -2.35. The molecule has 0 bridgehead atoms. The average Bonchev–Trinajstić information content (AvgIpc) is 3.18. The van der Waals surface area contributed by atoms with Gasteiger partial charge in [-0.05, 0) is 30.2 Å². The summed E-state index contributed by atoms with van der Waals surface area (Å²) in [5.74, 6) is 0.906. The second-order valence-electron chi connectivity index (χ2n) is 8.15. The van der Waals surface area contributed by atoms with Gasteiger partial charge in [0.1, 0.15) is 17.5 Å². The van der Waals surface area contributed by atoms with Crippen LogP contribution in [-0.4, -0.2) is 52.6 Å². The molecular formula is C24H26ClN3O2. The van der Waals surface area contributed by atoms with Crippen molar-refractivity contribution in [3.63, 3.8) is 0 Å². The van der Waals surface area contributed by atoms with E-state index in [2.05, 4.69) is 40.7 Å². The fourth-order valence-corrected chi connectivity index (χ4v) is 4.73. The monoisotopic (exact) mass is 423 g/mol. The van der Waals surface area contributed by atoms with Crippen molar-refractivity contribution in [3.05, 3.63) is 64.8 Å². The average molecular weight is 424 g/mol. The molecule has 3 aromatic rings. The van der Waals surface area contributed by atoms with Gasteiger partial charge in [-0.3, -0.25) is 9.69 Å². The number of halogens is 1. The number of hydrogen-bond donors (Lipinski definition) is 0. The van der Waals surface area contributed by atoms with Crippen LogP contribution in [0.1, 0.15) is 29.4 Å². The number of ether oxygens (including phenoxy) is 1. The second-order valence-corrected chi connectivity index (χ2v) is 8.56. The van der Waals surface area contributed by atoms with Gasteiger partial charge in [0.05, 0.1) is 17.1 Å². The van der Waals surface area contributed by atoms with E-state index in [1.807, 2.05) is 29.2 Å². The van der Waals surface area contributed by atoms with E-state index in [0.29, 0.717) is 11.6 Å². The van der Waals surface area contributed by atoms with E-state index < -0.39 is 0 Å². The van der Waals surface area contributed by atoms with Crippen molar-refractivity contribution in [1.29, 1.82) is 0 Å². The second kappa shape index (κ2) is 7.97. The summed E-state index contributed by atoms with van der Waals surface area (Å²) < 4.78 is 8.22. The van der Waals surface area contributed by atoms with Crippen LogP contribution in [0.3, 0.4) is 0 Å². The van der Waals surface area contributed by atoms with Crippen LogP contribution < -0.4 is 4.74 Å². The minimum Gasteiger partial charge on any atom is -0.486 e. The number of carbonyl (C=O) groups excluding carboxylic acids is 1. The summed E-state index contributed by atoms with van der Waals surface area (Å²) in [4.78, 5) is 17.8. The molecule has 0 radical (unpaired) electrons. The largest absolute Gasteiger partial charge is 0.486 e. The molecule has 2 aliphatic rings. The number of carbonyl (C=O) groups is 1. The number of hydrogen-bond acceptors (Lipinski definition) is 3. The Bertz CT molecular complexity index is 1070. The molecule has 0 spiro atoms. The first-order valence-electron chi connectivity index (χ1n) is 10.7. The molecule has 1 aromatic heterocycles. The van der Waals surface area contributed by atoms with Gasteiger partial charge in [0.2, 0.25) is 0 Å². The molecule has 156 valence electrons. The Morgan fingerprint density at radius 3 is 2.60 bits per heavy atom. The van der Waals surface area contributed by atoms with E-state index in [9.17, 15) is 4.79 Å². The maximum absolute atomic E-state index is 13.5. The molecule has 0 aliphatic carbocycles. The highest BCUT2D eigenvalue weighted by molar-refractivity contribution is 6.36. The van der Waals surface area contributed by atoms with E-state index >= 15 is 0 Å². The third-order valence-corrected chi connectivity index (χ3v) is 6.56. The molecule has 0 N–H and O–H groups in total. The van der Waals surface area contributed by atoms with Crippen LogP contribution in [0.4, 0.5) is 0 Å². The minimum absolute atomic E-state index is 0.0727. The number of aromatic nitrogens is 1. The van der Waals surface area contributed by atoms with Gasteiger partial charge in [0.15, 0.2) is 0 Å². The molecule has 1 atom stereocenters. The third kappa shape index (κ3) is 3.46. The fraction of sp³-hybridized carbons (Fsp3) is 0.375. The lowest BCUT2D eigenvalue weighted by molar-refractivity contribution is 0.0613. The molecule has 6 heteroatoms. The number of nitrogens with zero attached hydrogens (tertiary/aromatic N) is 3. The van der Waals surface area contributed by atoms with Crippen molar-refractivity contribution in [1.82, 2.24) is 14.4 Å². The zero-order chi connectivity index (χ0) is 20.7. The molecule has 2 aromatic carbocycles. The van der Waals surface area contributed by atoms with Crippen LogP contribution in [0.15, 0.2) is 48.5 Å². The molecule has 0 saturated carbocycles. The van der Waals surface area contributed by atoms with Crippen LogP contribution in [-0.2, 0) is 13.1 Å². The summed E-state index contributed by atoms with van der Waals surface area (Å²) >= 11 is 6.45. The molecule has 5 nitrogen and oxygen atoms in total.